The van der Waals surface area contributed by atoms with Gasteiger partial charge in [-0.3, -0.25) is 5.21 Å². The topological polar surface area (TPSA) is 72.8 Å². The number of carbonyl (C=O) groups excluding carboxylic acids is 1. The third-order valence-electron chi connectivity index (χ3n) is 1.52. The molecule has 0 heterocycles. The van der Waals surface area contributed by atoms with Crippen LogP contribution in [0.1, 0.15) is 10.4 Å². The van der Waals surface area contributed by atoms with Gasteiger partial charge < -0.3 is 15.2 Å². The van der Waals surface area contributed by atoms with E-state index in [2.05, 4.69) is 4.74 Å². The summed E-state index contributed by atoms with van der Waals surface area (Å²) in [6.07, 6.45) is 0. The fraction of sp³-hybridized carbons (Fsp3) is 0.125. The second-order valence-corrected chi connectivity index (χ2v) is 2.28. The first-order chi connectivity index (χ1) is 6.16. The van der Waals surface area contributed by atoms with Crippen LogP contribution in [0.4, 0.5) is 5.69 Å². The second-order valence-electron chi connectivity index (χ2n) is 2.28. The SMILES string of the molecule is COC(=O)c1ccccc1N([O-])O. The van der Waals surface area contributed by atoms with Crippen molar-refractivity contribution in [1.29, 1.82) is 0 Å². The molecule has 0 atom stereocenters. The number of methoxy groups -OCH3 is 1. The zero-order valence-electron chi connectivity index (χ0n) is 6.93. The van der Waals surface area contributed by atoms with Gasteiger partial charge in [0.2, 0.25) is 0 Å². The predicted octanol–water partition coefficient (Wildman–Crippen LogP) is 1.17. The van der Waals surface area contributed by atoms with Crippen molar-refractivity contribution in [2.75, 3.05) is 12.3 Å². The number of para-hydroxylation sites is 1. The molecule has 0 bridgehead atoms. The van der Waals surface area contributed by atoms with E-state index in [9.17, 15) is 10.0 Å². The van der Waals surface area contributed by atoms with E-state index < -0.39 is 5.97 Å². The van der Waals surface area contributed by atoms with Gasteiger partial charge >= 0.3 is 5.97 Å². The van der Waals surface area contributed by atoms with Crippen molar-refractivity contribution < 1.29 is 14.7 Å². The van der Waals surface area contributed by atoms with E-state index in [0.29, 0.717) is 0 Å². The predicted molar refractivity (Wildman–Crippen MR) is 45.4 cm³/mol. The number of anilines is 1. The number of ether oxygens (including phenoxy) is 1. The number of benzene rings is 1. The van der Waals surface area contributed by atoms with Crippen LogP contribution in [0.2, 0.25) is 0 Å². The lowest BCUT2D eigenvalue weighted by atomic mass is 10.2. The van der Waals surface area contributed by atoms with Crippen LogP contribution in [0, 0.1) is 5.21 Å². The third-order valence-corrected chi connectivity index (χ3v) is 1.52. The molecule has 0 aliphatic heterocycles. The molecule has 0 radical (unpaired) electrons. The van der Waals surface area contributed by atoms with Gasteiger partial charge in [-0.05, 0) is 12.1 Å². The molecule has 5 heteroatoms. The van der Waals surface area contributed by atoms with E-state index in [1.54, 1.807) is 6.07 Å². The van der Waals surface area contributed by atoms with Crippen molar-refractivity contribution in [2.45, 2.75) is 0 Å². The molecule has 0 saturated heterocycles. The molecular weight excluding hydrogens is 174 g/mol. The van der Waals surface area contributed by atoms with Gasteiger partial charge in [0.15, 0.2) is 0 Å². The van der Waals surface area contributed by atoms with Crippen molar-refractivity contribution in [2.24, 2.45) is 0 Å². The van der Waals surface area contributed by atoms with E-state index in [0.717, 1.165) is 0 Å². The maximum Gasteiger partial charge on any atom is 0.340 e. The molecule has 0 spiro atoms. The molecule has 0 unspecified atom stereocenters. The van der Waals surface area contributed by atoms with Gasteiger partial charge in [-0.25, -0.2) is 4.79 Å². The maximum absolute atomic E-state index is 11.0. The third kappa shape index (κ3) is 1.95. The molecule has 1 rings (SSSR count). The van der Waals surface area contributed by atoms with Gasteiger partial charge in [-0.2, -0.15) is 0 Å². The highest BCUT2D eigenvalue weighted by Gasteiger charge is 2.10. The molecular formula is C8H8NO4-. The highest BCUT2D eigenvalue weighted by Crippen LogP contribution is 2.18. The van der Waals surface area contributed by atoms with Gasteiger partial charge in [0.05, 0.1) is 18.4 Å². The fourth-order valence-corrected chi connectivity index (χ4v) is 0.923. The van der Waals surface area contributed by atoms with Crippen LogP contribution in [0.15, 0.2) is 24.3 Å². The minimum Gasteiger partial charge on any atom is -0.733 e. The van der Waals surface area contributed by atoms with Crippen LogP contribution >= 0.6 is 0 Å². The van der Waals surface area contributed by atoms with Crippen LogP contribution in [-0.4, -0.2) is 18.3 Å². The van der Waals surface area contributed by atoms with Gasteiger partial charge in [-0.1, -0.05) is 12.1 Å². The zero-order valence-corrected chi connectivity index (χ0v) is 6.93. The largest absolute Gasteiger partial charge is 0.733 e. The summed E-state index contributed by atoms with van der Waals surface area (Å²) in [4.78, 5) is 11.0. The Morgan fingerprint density at radius 3 is 2.69 bits per heavy atom. The first-order valence-corrected chi connectivity index (χ1v) is 3.50. The molecule has 0 aliphatic rings. The maximum atomic E-state index is 11.0. The average Bonchev–Trinajstić information content (AvgIpc) is 2.16. The van der Waals surface area contributed by atoms with Gasteiger partial charge in [0.25, 0.3) is 0 Å². The Bertz CT molecular complexity index is 311. The lowest BCUT2D eigenvalue weighted by Gasteiger charge is -2.23. The van der Waals surface area contributed by atoms with Crippen LogP contribution in [-0.2, 0) is 4.74 Å². The van der Waals surface area contributed by atoms with Crippen LogP contribution in [0.25, 0.3) is 0 Å². The van der Waals surface area contributed by atoms with E-state index in [1.807, 2.05) is 0 Å². The fourth-order valence-electron chi connectivity index (χ4n) is 0.923. The normalized spacial score (nSPS) is 9.46. The number of hydrogen-bond acceptors (Lipinski definition) is 5. The molecule has 1 N–H and O–H groups in total. The summed E-state index contributed by atoms with van der Waals surface area (Å²) in [5.41, 5.74) is -0.100. The molecule has 0 amide bonds. The minimum absolute atomic E-state index is 0.0301. The van der Waals surface area contributed by atoms with Crippen molar-refractivity contribution in [1.82, 2.24) is 0 Å². The van der Waals surface area contributed by atoms with Crippen LogP contribution < -0.4 is 5.23 Å². The second kappa shape index (κ2) is 3.88. The summed E-state index contributed by atoms with van der Waals surface area (Å²) in [6.45, 7) is 0. The molecule has 0 aromatic heterocycles. The molecule has 0 aliphatic carbocycles. The number of hydrogen-bond donors (Lipinski definition) is 1. The lowest BCUT2D eigenvalue weighted by molar-refractivity contribution is 0.0600. The molecule has 1 aromatic rings. The van der Waals surface area contributed by atoms with Gasteiger partial charge in [0.1, 0.15) is 0 Å². The number of rotatable bonds is 2. The van der Waals surface area contributed by atoms with Crippen molar-refractivity contribution in [3.8, 4) is 0 Å². The van der Waals surface area contributed by atoms with Crippen LogP contribution in [0.5, 0.6) is 0 Å². The molecule has 1 aromatic carbocycles. The summed E-state index contributed by atoms with van der Waals surface area (Å²) >= 11 is 0. The first-order valence-electron chi connectivity index (χ1n) is 3.50. The van der Waals surface area contributed by atoms with Gasteiger partial charge in [-0.15, -0.1) is 0 Å². The summed E-state index contributed by atoms with van der Waals surface area (Å²) in [7, 11) is 1.20. The molecule has 0 saturated carbocycles. The highest BCUT2D eigenvalue weighted by atomic mass is 16.8. The number of nitrogens with zero attached hydrogens (tertiary/aromatic N) is 1. The Morgan fingerprint density at radius 1 is 1.54 bits per heavy atom. The monoisotopic (exact) mass is 182 g/mol. The van der Waals surface area contributed by atoms with E-state index in [1.165, 1.54) is 25.3 Å². The molecule has 13 heavy (non-hydrogen) atoms. The highest BCUT2D eigenvalue weighted by molar-refractivity contribution is 5.95. The Hall–Kier alpha value is -1.59. The number of carbonyl (C=O) groups is 1. The zero-order chi connectivity index (χ0) is 9.84. The van der Waals surface area contributed by atoms with Crippen molar-refractivity contribution in [3.05, 3.63) is 35.0 Å². The minimum atomic E-state index is -0.662. The Kier molecular flexibility index (Phi) is 2.84. The first kappa shape index (κ1) is 9.50. The van der Waals surface area contributed by atoms with Gasteiger partial charge in [0, 0.05) is 0 Å². The summed E-state index contributed by atoms with van der Waals surface area (Å²) < 4.78 is 4.41. The summed E-state index contributed by atoms with van der Waals surface area (Å²) in [5.74, 6) is -0.662. The molecule has 70 valence electrons. The Balaban J connectivity index is 3.12. The van der Waals surface area contributed by atoms with E-state index in [-0.39, 0.29) is 16.5 Å². The summed E-state index contributed by atoms with van der Waals surface area (Å²) in [6, 6.07) is 5.81. The van der Waals surface area contributed by atoms with Crippen molar-refractivity contribution >= 4 is 11.7 Å². The Labute approximate surface area is 74.7 Å². The quantitative estimate of drug-likeness (QED) is 0.549. The van der Waals surface area contributed by atoms with E-state index >= 15 is 0 Å². The van der Waals surface area contributed by atoms with Crippen LogP contribution in [0.3, 0.4) is 0 Å². The average molecular weight is 182 g/mol. The number of esters is 1. The smallest absolute Gasteiger partial charge is 0.340 e. The molecule has 5 nitrogen and oxygen atoms in total. The van der Waals surface area contributed by atoms with E-state index in [4.69, 9.17) is 5.21 Å². The Morgan fingerprint density at radius 2 is 2.15 bits per heavy atom. The summed E-state index contributed by atoms with van der Waals surface area (Å²) in [5, 5.41) is 18.8. The van der Waals surface area contributed by atoms with Crippen molar-refractivity contribution in [3.63, 3.8) is 0 Å². The lowest BCUT2D eigenvalue weighted by Crippen LogP contribution is -2.13. The molecule has 0 fully saturated rings. The standard InChI is InChI=1S/C8H8NO4/c1-13-8(10)6-4-2-3-5-7(6)9(11)12/h2-5,11H,1H3/q-1.